The topological polar surface area (TPSA) is 62.7 Å². The molecule has 0 unspecified atom stereocenters. The van der Waals surface area contributed by atoms with E-state index in [4.69, 9.17) is 0 Å². The summed E-state index contributed by atoms with van der Waals surface area (Å²) >= 11 is 0. The van der Waals surface area contributed by atoms with Crippen LogP contribution in [0.2, 0.25) is 0 Å². The zero-order valence-electron chi connectivity index (χ0n) is 15.6. The highest BCUT2D eigenvalue weighted by Crippen LogP contribution is 2.31. The number of halogens is 3. The third-order valence-electron chi connectivity index (χ3n) is 4.88. The summed E-state index contributed by atoms with van der Waals surface area (Å²) in [4.78, 5) is 13.2. The van der Waals surface area contributed by atoms with Crippen LogP contribution in [0.15, 0.2) is 54.9 Å². The summed E-state index contributed by atoms with van der Waals surface area (Å²) in [6, 6.07) is 10.7. The zero-order chi connectivity index (χ0) is 20.3. The molecular formula is C21H20F3N5. The molecule has 0 atom stereocenters. The van der Waals surface area contributed by atoms with Crippen molar-refractivity contribution in [2.45, 2.75) is 37.9 Å². The van der Waals surface area contributed by atoms with Gasteiger partial charge >= 0.3 is 6.18 Å². The second kappa shape index (κ2) is 8.06. The predicted molar refractivity (Wildman–Crippen MR) is 106 cm³/mol. The van der Waals surface area contributed by atoms with Crippen LogP contribution in [0, 0.1) is 0 Å². The van der Waals surface area contributed by atoms with Crippen LogP contribution in [0.1, 0.15) is 31.2 Å². The van der Waals surface area contributed by atoms with Gasteiger partial charge in [-0.1, -0.05) is 12.8 Å². The van der Waals surface area contributed by atoms with E-state index < -0.39 is 11.7 Å². The standard InChI is InChI=1S/C21H20F3N5/c22-21(23,24)15-5-7-17(8-6-15)26-19-13-18(14-9-11-25-12-10-14)28-20(29-19)27-16-3-1-2-4-16/h5-13,16H,1-4H2,(H2,26,27,28,29). The summed E-state index contributed by atoms with van der Waals surface area (Å²) in [6.07, 6.45) is 3.51. The summed E-state index contributed by atoms with van der Waals surface area (Å²) in [7, 11) is 0. The number of hydrogen-bond acceptors (Lipinski definition) is 5. The van der Waals surface area contributed by atoms with Crippen LogP contribution in [0.25, 0.3) is 11.3 Å². The van der Waals surface area contributed by atoms with Crippen molar-refractivity contribution in [1.82, 2.24) is 15.0 Å². The van der Waals surface area contributed by atoms with Crippen LogP contribution in [0.5, 0.6) is 0 Å². The molecule has 2 aromatic heterocycles. The molecular weight excluding hydrogens is 379 g/mol. The average molecular weight is 399 g/mol. The Hall–Kier alpha value is -3.16. The Balaban J connectivity index is 1.62. The fraction of sp³-hybridized carbons (Fsp3) is 0.286. The number of rotatable bonds is 5. The van der Waals surface area contributed by atoms with Gasteiger partial charge in [-0.3, -0.25) is 4.98 Å². The van der Waals surface area contributed by atoms with Crippen molar-refractivity contribution in [2.24, 2.45) is 0 Å². The lowest BCUT2D eigenvalue weighted by Gasteiger charge is -2.15. The highest BCUT2D eigenvalue weighted by molar-refractivity contribution is 5.67. The fourth-order valence-corrected chi connectivity index (χ4v) is 3.39. The molecule has 0 bridgehead atoms. The maximum Gasteiger partial charge on any atom is 0.416 e. The predicted octanol–water partition coefficient (Wildman–Crippen LogP) is 5.66. The first kappa shape index (κ1) is 19.2. The van der Waals surface area contributed by atoms with Crippen molar-refractivity contribution >= 4 is 17.5 Å². The fourth-order valence-electron chi connectivity index (χ4n) is 3.39. The number of alkyl halides is 3. The van der Waals surface area contributed by atoms with Crippen molar-refractivity contribution in [1.29, 1.82) is 0 Å². The van der Waals surface area contributed by atoms with Crippen LogP contribution in [-0.2, 0) is 6.18 Å². The van der Waals surface area contributed by atoms with Gasteiger partial charge in [-0.05, 0) is 49.2 Å². The quantitative estimate of drug-likeness (QED) is 0.580. The van der Waals surface area contributed by atoms with Crippen LogP contribution in [-0.4, -0.2) is 21.0 Å². The number of benzene rings is 1. The molecule has 1 aliphatic carbocycles. The minimum absolute atomic E-state index is 0.335. The monoisotopic (exact) mass is 399 g/mol. The van der Waals surface area contributed by atoms with E-state index in [-0.39, 0.29) is 0 Å². The molecule has 2 heterocycles. The Labute approximate surface area is 166 Å². The van der Waals surface area contributed by atoms with Gasteiger partial charge in [0.05, 0.1) is 11.3 Å². The number of nitrogens with zero attached hydrogens (tertiary/aromatic N) is 3. The van der Waals surface area contributed by atoms with Gasteiger partial charge in [0, 0.05) is 35.8 Å². The molecule has 0 aliphatic heterocycles. The van der Waals surface area contributed by atoms with Crippen molar-refractivity contribution in [3.8, 4) is 11.3 Å². The maximum atomic E-state index is 12.8. The van der Waals surface area contributed by atoms with E-state index in [0.717, 1.165) is 30.5 Å². The summed E-state index contributed by atoms with van der Waals surface area (Å²) < 4.78 is 38.3. The highest BCUT2D eigenvalue weighted by Gasteiger charge is 2.30. The minimum Gasteiger partial charge on any atom is -0.351 e. The van der Waals surface area contributed by atoms with E-state index in [1.807, 2.05) is 12.1 Å². The van der Waals surface area contributed by atoms with E-state index in [0.29, 0.717) is 29.2 Å². The molecule has 29 heavy (non-hydrogen) atoms. The molecule has 1 saturated carbocycles. The van der Waals surface area contributed by atoms with Gasteiger partial charge in [0.2, 0.25) is 5.95 Å². The normalized spacial score (nSPS) is 14.7. The Morgan fingerprint density at radius 3 is 2.24 bits per heavy atom. The Morgan fingerprint density at radius 1 is 0.897 bits per heavy atom. The largest absolute Gasteiger partial charge is 0.416 e. The third-order valence-corrected chi connectivity index (χ3v) is 4.88. The van der Waals surface area contributed by atoms with Gasteiger partial charge in [-0.15, -0.1) is 0 Å². The smallest absolute Gasteiger partial charge is 0.351 e. The molecule has 1 fully saturated rings. The first-order valence-electron chi connectivity index (χ1n) is 9.48. The SMILES string of the molecule is FC(F)(F)c1ccc(Nc2cc(-c3ccncc3)nc(NC3CCCC3)n2)cc1. The van der Waals surface area contributed by atoms with Crippen LogP contribution < -0.4 is 10.6 Å². The molecule has 1 aliphatic rings. The molecule has 4 rings (SSSR count). The number of nitrogens with one attached hydrogen (secondary N) is 2. The molecule has 3 aromatic rings. The molecule has 1 aromatic carbocycles. The van der Waals surface area contributed by atoms with Crippen molar-refractivity contribution in [3.05, 3.63) is 60.4 Å². The van der Waals surface area contributed by atoms with E-state index in [9.17, 15) is 13.2 Å². The Kier molecular flexibility index (Phi) is 5.33. The molecule has 0 spiro atoms. The van der Waals surface area contributed by atoms with Gasteiger partial charge in [-0.25, -0.2) is 4.98 Å². The van der Waals surface area contributed by atoms with Crippen LogP contribution in [0.3, 0.4) is 0 Å². The minimum atomic E-state index is -4.36. The molecule has 5 nitrogen and oxygen atoms in total. The first-order valence-corrected chi connectivity index (χ1v) is 9.48. The lowest BCUT2D eigenvalue weighted by Crippen LogP contribution is -2.17. The maximum absolute atomic E-state index is 12.8. The second-order valence-electron chi connectivity index (χ2n) is 7.02. The first-order chi connectivity index (χ1) is 14.0. The highest BCUT2D eigenvalue weighted by atomic mass is 19.4. The number of anilines is 3. The van der Waals surface area contributed by atoms with Gasteiger partial charge in [0.25, 0.3) is 0 Å². The van der Waals surface area contributed by atoms with Gasteiger partial charge < -0.3 is 10.6 Å². The average Bonchev–Trinajstić information content (AvgIpc) is 3.21. The lowest BCUT2D eigenvalue weighted by molar-refractivity contribution is -0.137. The molecule has 0 amide bonds. The van der Waals surface area contributed by atoms with E-state index in [1.54, 1.807) is 18.5 Å². The van der Waals surface area contributed by atoms with Crippen molar-refractivity contribution in [2.75, 3.05) is 10.6 Å². The van der Waals surface area contributed by atoms with Crippen LogP contribution >= 0.6 is 0 Å². The Bertz CT molecular complexity index is 952. The van der Waals surface area contributed by atoms with Gasteiger partial charge in [-0.2, -0.15) is 18.2 Å². The number of aromatic nitrogens is 3. The molecule has 8 heteroatoms. The van der Waals surface area contributed by atoms with E-state index in [2.05, 4.69) is 25.6 Å². The van der Waals surface area contributed by atoms with Gasteiger partial charge in [0.1, 0.15) is 5.82 Å². The second-order valence-corrected chi connectivity index (χ2v) is 7.02. The molecule has 150 valence electrons. The van der Waals surface area contributed by atoms with Crippen molar-refractivity contribution < 1.29 is 13.2 Å². The lowest BCUT2D eigenvalue weighted by atomic mass is 10.2. The van der Waals surface area contributed by atoms with Crippen molar-refractivity contribution in [3.63, 3.8) is 0 Å². The van der Waals surface area contributed by atoms with Crippen LogP contribution in [0.4, 0.5) is 30.6 Å². The summed E-state index contributed by atoms with van der Waals surface area (Å²) in [6.45, 7) is 0. The molecule has 2 N–H and O–H groups in total. The number of hydrogen-bond donors (Lipinski definition) is 2. The third kappa shape index (κ3) is 4.82. The summed E-state index contributed by atoms with van der Waals surface area (Å²) in [5, 5.41) is 6.46. The number of pyridine rings is 1. The molecule has 0 radical (unpaired) electrons. The summed E-state index contributed by atoms with van der Waals surface area (Å²) in [5.74, 6) is 1.01. The molecule has 0 saturated heterocycles. The summed E-state index contributed by atoms with van der Waals surface area (Å²) in [5.41, 5.74) is 1.42. The Morgan fingerprint density at radius 2 is 1.59 bits per heavy atom. The van der Waals surface area contributed by atoms with E-state index >= 15 is 0 Å². The van der Waals surface area contributed by atoms with E-state index in [1.165, 1.54) is 25.0 Å². The zero-order valence-corrected chi connectivity index (χ0v) is 15.6. The van der Waals surface area contributed by atoms with Gasteiger partial charge in [0.15, 0.2) is 0 Å².